The molecule has 11 heavy (non-hydrogen) atoms. The van der Waals surface area contributed by atoms with Crippen LogP contribution in [0.1, 0.15) is 6.42 Å². The molecule has 1 fully saturated rings. The Morgan fingerprint density at radius 2 is 2.27 bits per heavy atom. The molecule has 1 aliphatic rings. The van der Waals surface area contributed by atoms with Crippen LogP contribution in [0.15, 0.2) is 0 Å². The van der Waals surface area contributed by atoms with Gasteiger partial charge in [0.1, 0.15) is 6.04 Å². The quantitative estimate of drug-likeness (QED) is 0.444. The van der Waals surface area contributed by atoms with Gasteiger partial charge in [-0.15, -0.1) is 0 Å². The average molecular weight is 287 g/mol. The highest BCUT2D eigenvalue weighted by Gasteiger charge is 2.34. The zero-order valence-corrected chi connectivity index (χ0v) is 9.18. The smallest absolute Gasteiger partial charge is 0.322 e. The fraction of sp³-hybridized carbons (Fsp3) is 0.833. The van der Waals surface area contributed by atoms with Crippen molar-refractivity contribution in [1.82, 2.24) is 5.32 Å². The van der Waals surface area contributed by atoms with Crippen molar-refractivity contribution < 1.29 is 9.53 Å². The summed E-state index contributed by atoms with van der Waals surface area (Å²) in [7, 11) is 1.40. The lowest BCUT2D eigenvalue weighted by Gasteiger charge is -2.06. The van der Waals surface area contributed by atoms with Gasteiger partial charge in [-0.1, -0.05) is 31.9 Å². The molecule has 0 aromatic rings. The standard InChI is InChI=1S/C6H9Br2NO2/c1-11-6(10)4-2-3(7)5(8)9-4/h3-5,9H,2H2,1H3. The first-order valence-electron chi connectivity index (χ1n) is 3.27. The Bertz CT molecular complexity index is 155. The van der Waals surface area contributed by atoms with Crippen molar-refractivity contribution in [3.63, 3.8) is 0 Å². The lowest BCUT2D eigenvalue weighted by Crippen LogP contribution is -2.34. The van der Waals surface area contributed by atoms with E-state index in [-0.39, 0.29) is 17.0 Å². The lowest BCUT2D eigenvalue weighted by molar-refractivity contribution is -0.142. The Kier molecular flexibility index (Phi) is 3.33. The van der Waals surface area contributed by atoms with Gasteiger partial charge >= 0.3 is 5.97 Å². The molecule has 1 N–H and O–H groups in total. The number of nitrogens with one attached hydrogen (secondary N) is 1. The molecule has 0 bridgehead atoms. The van der Waals surface area contributed by atoms with Crippen molar-refractivity contribution in [3.8, 4) is 0 Å². The van der Waals surface area contributed by atoms with E-state index in [1.807, 2.05) is 0 Å². The molecule has 5 heteroatoms. The van der Waals surface area contributed by atoms with Gasteiger partial charge in [-0.3, -0.25) is 10.1 Å². The summed E-state index contributed by atoms with van der Waals surface area (Å²) in [4.78, 5) is 11.4. The highest BCUT2D eigenvalue weighted by Crippen LogP contribution is 2.24. The van der Waals surface area contributed by atoms with E-state index in [9.17, 15) is 4.79 Å². The second kappa shape index (κ2) is 3.87. The zero-order chi connectivity index (χ0) is 8.43. The van der Waals surface area contributed by atoms with Crippen LogP contribution in [0.25, 0.3) is 0 Å². The largest absolute Gasteiger partial charge is 0.468 e. The molecule has 0 aliphatic carbocycles. The molecule has 3 unspecified atom stereocenters. The second-order valence-electron chi connectivity index (χ2n) is 2.40. The molecule has 1 heterocycles. The number of ether oxygens (including phenoxy) is 1. The third kappa shape index (κ3) is 2.16. The summed E-state index contributed by atoms with van der Waals surface area (Å²) in [6.07, 6.45) is 0.766. The first-order valence-corrected chi connectivity index (χ1v) is 5.10. The Labute approximate surface area is 82.1 Å². The lowest BCUT2D eigenvalue weighted by atomic mass is 10.2. The van der Waals surface area contributed by atoms with Crippen LogP contribution >= 0.6 is 31.9 Å². The Morgan fingerprint density at radius 1 is 1.64 bits per heavy atom. The number of methoxy groups -OCH3 is 1. The van der Waals surface area contributed by atoms with Crippen LogP contribution in [0.3, 0.4) is 0 Å². The number of hydrogen-bond acceptors (Lipinski definition) is 3. The summed E-state index contributed by atoms with van der Waals surface area (Å²) >= 11 is 6.80. The van der Waals surface area contributed by atoms with Crippen molar-refractivity contribution in [2.24, 2.45) is 0 Å². The number of hydrogen-bond donors (Lipinski definition) is 1. The fourth-order valence-corrected chi connectivity index (χ4v) is 2.08. The van der Waals surface area contributed by atoms with Gasteiger partial charge in [-0.2, -0.15) is 0 Å². The van der Waals surface area contributed by atoms with Crippen molar-refractivity contribution >= 4 is 37.8 Å². The topological polar surface area (TPSA) is 38.3 Å². The van der Waals surface area contributed by atoms with Gasteiger partial charge in [0, 0.05) is 4.83 Å². The van der Waals surface area contributed by atoms with Crippen LogP contribution in [0.2, 0.25) is 0 Å². The van der Waals surface area contributed by atoms with Crippen molar-refractivity contribution in [3.05, 3.63) is 0 Å². The van der Waals surface area contributed by atoms with Crippen molar-refractivity contribution in [2.45, 2.75) is 22.2 Å². The molecule has 1 aliphatic heterocycles. The maximum absolute atomic E-state index is 11.0. The maximum atomic E-state index is 11.0. The van der Waals surface area contributed by atoms with E-state index in [0.29, 0.717) is 4.83 Å². The molecule has 0 amide bonds. The molecule has 64 valence electrons. The van der Waals surface area contributed by atoms with Gasteiger partial charge < -0.3 is 4.74 Å². The molecule has 0 radical (unpaired) electrons. The Hall–Kier alpha value is 0.390. The Morgan fingerprint density at radius 3 is 2.64 bits per heavy atom. The summed E-state index contributed by atoms with van der Waals surface area (Å²) < 4.78 is 4.59. The third-order valence-corrected chi connectivity index (χ3v) is 4.14. The van der Waals surface area contributed by atoms with Gasteiger partial charge in [0.25, 0.3) is 0 Å². The number of carbonyl (C=O) groups is 1. The molecular weight excluding hydrogens is 278 g/mol. The average Bonchev–Trinajstić information content (AvgIpc) is 2.31. The van der Waals surface area contributed by atoms with Crippen molar-refractivity contribution in [2.75, 3.05) is 7.11 Å². The van der Waals surface area contributed by atoms with Crippen molar-refractivity contribution in [1.29, 1.82) is 0 Å². The van der Waals surface area contributed by atoms with Crippen LogP contribution in [0.5, 0.6) is 0 Å². The molecule has 1 saturated heterocycles. The molecule has 0 aromatic carbocycles. The van der Waals surface area contributed by atoms with E-state index in [1.165, 1.54) is 7.11 Å². The minimum atomic E-state index is -0.198. The van der Waals surface area contributed by atoms with Gasteiger partial charge in [-0.05, 0) is 6.42 Å². The first-order chi connectivity index (χ1) is 5.15. The number of halogens is 2. The normalized spacial score (nSPS) is 37.2. The predicted molar refractivity (Wildman–Crippen MR) is 49.0 cm³/mol. The molecule has 0 spiro atoms. The minimum absolute atomic E-state index is 0.159. The van der Waals surface area contributed by atoms with E-state index in [0.717, 1.165) is 6.42 Å². The highest BCUT2D eigenvalue weighted by molar-refractivity contribution is 9.12. The number of rotatable bonds is 1. The molecule has 3 nitrogen and oxygen atoms in total. The van der Waals surface area contributed by atoms with E-state index in [4.69, 9.17) is 0 Å². The van der Waals surface area contributed by atoms with E-state index >= 15 is 0 Å². The van der Waals surface area contributed by atoms with Crippen LogP contribution < -0.4 is 5.32 Å². The van der Waals surface area contributed by atoms with Crippen LogP contribution in [-0.2, 0) is 9.53 Å². The molecular formula is C6H9Br2NO2. The van der Waals surface area contributed by atoms with Gasteiger partial charge in [0.05, 0.1) is 12.1 Å². The third-order valence-electron chi connectivity index (χ3n) is 1.62. The monoisotopic (exact) mass is 285 g/mol. The SMILES string of the molecule is COC(=O)C1CC(Br)C(Br)N1. The predicted octanol–water partition coefficient (Wildman–Crippen LogP) is 1.01. The molecule has 0 aromatic heterocycles. The molecule has 0 saturated carbocycles. The minimum Gasteiger partial charge on any atom is -0.468 e. The van der Waals surface area contributed by atoms with Crippen LogP contribution in [0, 0.1) is 0 Å². The number of carbonyl (C=O) groups excluding carboxylic acids is 1. The summed E-state index contributed by atoms with van der Waals surface area (Å²) in [5.74, 6) is -0.198. The first kappa shape index (κ1) is 9.48. The maximum Gasteiger partial charge on any atom is 0.322 e. The summed E-state index contributed by atoms with van der Waals surface area (Å²) in [5, 5.41) is 3.05. The Balaban J connectivity index is 2.46. The zero-order valence-electron chi connectivity index (χ0n) is 6.01. The van der Waals surface area contributed by atoms with Gasteiger partial charge in [-0.25, -0.2) is 0 Å². The van der Waals surface area contributed by atoms with E-state index in [2.05, 4.69) is 41.9 Å². The summed E-state index contributed by atoms with van der Waals surface area (Å²) in [5.41, 5.74) is 0. The fourth-order valence-electron chi connectivity index (χ4n) is 1.02. The van der Waals surface area contributed by atoms with E-state index in [1.54, 1.807) is 0 Å². The molecule has 1 rings (SSSR count). The van der Waals surface area contributed by atoms with Gasteiger partial charge in [0.15, 0.2) is 0 Å². The van der Waals surface area contributed by atoms with Crippen LogP contribution in [0.4, 0.5) is 0 Å². The number of esters is 1. The summed E-state index contributed by atoms with van der Waals surface area (Å²) in [6.45, 7) is 0. The summed E-state index contributed by atoms with van der Waals surface area (Å²) in [6, 6.07) is -0.172. The highest BCUT2D eigenvalue weighted by atomic mass is 79.9. The van der Waals surface area contributed by atoms with E-state index < -0.39 is 0 Å². The van der Waals surface area contributed by atoms with Gasteiger partial charge in [0.2, 0.25) is 0 Å². The second-order valence-corrected chi connectivity index (χ2v) is 4.56. The molecule has 3 atom stereocenters. The van der Waals surface area contributed by atoms with Crippen LogP contribution in [-0.4, -0.2) is 28.9 Å². The number of alkyl halides is 2.